The van der Waals surface area contributed by atoms with E-state index in [0.717, 1.165) is 5.56 Å². The molecule has 0 atom stereocenters. The van der Waals surface area contributed by atoms with Crippen molar-refractivity contribution in [1.82, 2.24) is 15.1 Å². The van der Waals surface area contributed by atoms with Gasteiger partial charge < -0.3 is 23.5 Å². The van der Waals surface area contributed by atoms with Gasteiger partial charge in [0, 0.05) is 19.2 Å². The average molecular weight is 444 g/mol. The SMILES string of the molecule is COc1cc(-c2nnc(SCC(=O)N(C)Cc3ccc(C)cc3)o2)cc(OC)c1OC. The Hall–Kier alpha value is -3.20. The molecule has 2 aromatic carbocycles. The lowest BCUT2D eigenvalue weighted by Crippen LogP contribution is -2.27. The number of thioether (sulfide) groups is 1. The fourth-order valence-corrected chi connectivity index (χ4v) is 3.58. The van der Waals surface area contributed by atoms with Gasteiger partial charge in [0.2, 0.25) is 17.5 Å². The van der Waals surface area contributed by atoms with Crippen LogP contribution in [0.2, 0.25) is 0 Å². The molecule has 1 aromatic heterocycles. The summed E-state index contributed by atoms with van der Waals surface area (Å²) in [4.78, 5) is 14.1. The fraction of sp³-hybridized carbons (Fsp3) is 0.318. The van der Waals surface area contributed by atoms with Crippen LogP contribution < -0.4 is 14.2 Å². The van der Waals surface area contributed by atoms with Gasteiger partial charge in [-0.15, -0.1) is 10.2 Å². The van der Waals surface area contributed by atoms with Crippen molar-refractivity contribution in [3.05, 3.63) is 47.5 Å². The van der Waals surface area contributed by atoms with Crippen molar-refractivity contribution in [2.45, 2.75) is 18.7 Å². The van der Waals surface area contributed by atoms with Crippen LogP contribution in [0.25, 0.3) is 11.5 Å². The monoisotopic (exact) mass is 443 g/mol. The minimum Gasteiger partial charge on any atom is -0.493 e. The quantitative estimate of drug-likeness (QED) is 0.461. The second kappa shape index (κ2) is 10.2. The maximum absolute atomic E-state index is 12.5. The second-order valence-electron chi connectivity index (χ2n) is 6.81. The predicted octanol–water partition coefficient (Wildman–Crippen LogP) is 3.82. The van der Waals surface area contributed by atoms with Gasteiger partial charge in [-0.2, -0.15) is 0 Å². The molecular formula is C22H25N3O5S. The molecule has 0 spiro atoms. The smallest absolute Gasteiger partial charge is 0.277 e. The van der Waals surface area contributed by atoms with Crippen LogP contribution in [0.1, 0.15) is 11.1 Å². The molecule has 1 amide bonds. The molecule has 0 aliphatic rings. The Morgan fingerprint density at radius 3 is 2.26 bits per heavy atom. The van der Waals surface area contributed by atoms with Crippen molar-refractivity contribution in [3.8, 4) is 28.7 Å². The molecule has 0 unspecified atom stereocenters. The summed E-state index contributed by atoms with van der Waals surface area (Å²) in [5.41, 5.74) is 2.89. The number of nitrogens with zero attached hydrogens (tertiary/aromatic N) is 3. The Labute approximate surface area is 185 Å². The molecule has 3 aromatic rings. The minimum absolute atomic E-state index is 0.0295. The zero-order valence-electron chi connectivity index (χ0n) is 18.2. The van der Waals surface area contributed by atoms with Crippen molar-refractivity contribution in [2.75, 3.05) is 34.1 Å². The Balaban J connectivity index is 1.64. The fourth-order valence-electron chi connectivity index (χ4n) is 2.88. The highest BCUT2D eigenvalue weighted by molar-refractivity contribution is 7.99. The molecule has 0 saturated heterocycles. The molecular weight excluding hydrogens is 418 g/mol. The third kappa shape index (κ3) is 5.49. The standard InChI is InChI=1S/C22H25N3O5S/c1-14-6-8-15(9-7-14)12-25(2)19(26)13-31-22-24-23-21(30-22)16-10-17(27-3)20(29-5)18(11-16)28-4/h6-11H,12-13H2,1-5H3. The molecule has 31 heavy (non-hydrogen) atoms. The van der Waals surface area contributed by atoms with Crippen LogP contribution in [-0.2, 0) is 11.3 Å². The van der Waals surface area contributed by atoms with Gasteiger partial charge in [0.15, 0.2) is 11.5 Å². The number of aryl methyl sites for hydroxylation is 1. The Morgan fingerprint density at radius 1 is 1.03 bits per heavy atom. The van der Waals surface area contributed by atoms with Gasteiger partial charge in [-0.3, -0.25) is 4.79 Å². The highest BCUT2D eigenvalue weighted by Crippen LogP contribution is 2.41. The normalized spacial score (nSPS) is 10.6. The van der Waals surface area contributed by atoms with E-state index in [1.807, 2.05) is 31.2 Å². The van der Waals surface area contributed by atoms with E-state index in [0.29, 0.717) is 40.5 Å². The molecule has 9 heteroatoms. The summed E-state index contributed by atoms with van der Waals surface area (Å²) >= 11 is 1.19. The third-order valence-electron chi connectivity index (χ3n) is 4.60. The van der Waals surface area contributed by atoms with Crippen molar-refractivity contribution >= 4 is 17.7 Å². The van der Waals surface area contributed by atoms with E-state index in [9.17, 15) is 4.79 Å². The van der Waals surface area contributed by atoms with Gasteiger partial charge in [0.1, 0.15) is 0 Å². The molecule has 0 bridgehead atoms. The lowest BCUT2D eigenvalue weighted by molar-refractivity contribution is -0.127. The molecule has 0 fully saturated rings. The first-order chi connectivity index (χ1) is 14.9. The number of benzene rings is 2. The highest BCUT2D eigenvalue weighted by Gasteiger charge is 2.18. The largest absolute Gasteiger partial charge is 0.493 e. The zero-order chi connectivity index (χ0) is 22.4. The number of carbonyl (C=O) groups excluding carboxylic acids is 1. The summed E-state index contributed by atoms with van der Waals surface area (Å²) in [7, 11) is 6.38. The van der Waals surface area contributed by atoms with Gasteiger partial charge in [0.25, 0.3) is 5.22 Å². The Kier molecular flexibility index (Phi) is 7.41. The van der Waals surface area contributed by atoms with Crippen LogP contribution in [-0.4, -0.2) is 55.1 Å². The molecule has 8 nitrogen and oxygen atoms in total. The number of hydrogen-bond acceptors (Lipinski definition) is 8. The summed E-state index contributed by atoms with van der Waals surface area (Å²) in [5, 5.41) is 8.42. The van der Waals surface area contributed by atoms with Crippen LogP contribution in [0.4, 0.5) is 0 Å². The third-order valence-corrected chi connectivity index (χ3v) is 5.41. The number of ether oxygens (including phenoxy) is 3. The van der Waals surface area contributed by atoms with Crippen molar-refractivity contribution < 1.29 is 23.4 Å². The minimum atomic E-state index is -0.0295. The van der Waals surface area contributed by atoms with E-state index in [-0.39, 0.29) is 11.7 Å². The van der Waals surface area contributed by atoms with Crippen LogP contribution in [0, 0.1) is 6.92 Å². The average Bonchev–Trinajstić information content (AvgIpc) is 3.26. The van der Waals surface area contributed by atoms with Crippen LogP contribution in [0.3, 0.4) is 0 Å². The molecule has 0 aliphatic carbocycles. The first-order valence-corrected chi connectivity index (χ1v) is 10.5. The Morgan fingerprint density at radius 2 is 1.68 bits per heavy atom. The van der Waals surface area contributed by atoms with E-state index in [1.165, 1.54) is 38.7 Å². The van der Waals surface area contributed by atoms with E-state index in [4.69, 9.17) is 18.6 Å². The lowest BCUT2D eigenvalue weighted by atomic mass is 10.1. The van der Waals surface area contributed by atoms with Gasteiger partial charge in [-0.25, -0.2) is 0 Å². The zero-order valence-corrected chi connectivity index (χ0v) is 19.0. The molecule has 0 aliphatic heterocycles. The maximum Gasteiger partial charge on any atom is 0.277 e. The van der Waals surface area contributed by atoms with Gasteiger partial charge in [-0.1, -0.05) is 41.6 Å². The lowest BCUT2D eigenvalue weighted by Gasteiger charge is -2.16. The van der Waals surface area contributed by atoms with E-state index in [2.05, 4.69) is 10.2 Å². The number of methoxy groups -OCH3 is 3. The number of hydrogen-bond donors (Lipinski definition) is 0. The summed E-state index contributed by atoms with van der Waals surface area (Å²) in [6, 6.07) is 11.6. The summed E-state index contributed by atoms with van der Waals surface area (Å²) < 4.78 is 21.8. The number of carbonyl (C=O) groups is 1. The molecule has 0 N–H and O–H groups in total. The summed E-state index contributed by atoms with van der Waals surface area (Å²) in [5.74, 6) is 1.90. The highest BCUT2D eigenvalue weighted by atomic mass is 32.2. The number of aromatic nitrogens is 2. The van der Waals surface area contributed by atoms with Gasteiger partial charge >= 0.3 is 0 Å². The van der Waals surface area contributed by atoms with E-state index in [1.54, 1.807) is 24.1 Å². The second-order valence-corrected chi connectivity index (χ2v) is 7.74. The van der Waals surface area contributed by atoms with Crippen molar-refractivity contribution in [1.29, 1.82) is 0 Å². The molecule has 0 radical (unpaired) electrons. The number of amides is 1. The van der Waals surface area contributed by atoms with Crippen LogP contribution in [0.15, 0.2) is 46.0 Å². The predicted molar refractivity (Wildman–Crippen MR) is 118 cm³/mol. The van der Waals surface area contributed by atoms with Crippen molar-refractivity contribution in [2.24, 2.45) is 0 Å². The van der Waals surface area contributed by atoms with Gasteiger partial charge in [-0.05, 0) is 24.6 Å². The maximum atomic E-state index is 12.5. The summed E-state index contributed by atoms with van der Waals surface area (Å²) in [6.45, 7) is 2.58. The molecule has 1 heterocycles. The molecule has 0 saturated carbocycles. The summed E-state index contributed by atoms with van der Waals surface area (Å²) in [6.07, 6.45) is 0. The first-order valence-electron chi connectivity index (χ1n) is 9.51. The number of rotatable bonds is 9. The van der Waals surface area contributed by atoms with E-state index >= 15 is 0 Å². The topological polar surface area (TPSA) is 86.9 Å². The van der Waals surface area contributed by atoms with Crippen molar-refractivity contribution in [3.63, 3.8) is 0 Å². The first kappa shape index (κ1) is 22.5. The van der Waals surface area contributed by atoms with Crippen LogP contribution >= 0.6 is 11.8 Å². The molecule has 3 rings (SSSR count). The van der Waals surface area contributed by atoms with Crippen LogP contribution in [0.5, 0.6) is 17.2 Å². The van der Waals surface area contributed by atoms with Gasteiger partial charge in [0.05, 0.1) is 27.1 Å². The van der Waals surface area contributed by atoms with E-state index < -0.39 is 0 Å². The molecule has 164 valence electrons. The Bertz CT molecular complexity index is 1010.